The van der Waals surface area contributed by atoms with Crippen molar-refractivity contribution in [1.29, 1.82) is 0 Å². The Balaban J connectivity index is 1.61. The first-order chi connectivity index (χ1) is 9.63. The molecule has 2 N–H and O–H groups in total. The molecule has 4 unspecified atom stereocenters. The molecule has 3 aliphatic rings. The molecule has 3 rings (SSSR count). The number of likely N-dealkylation sites (tertiary alicyclic amines) is 1. The van der Waals surface area contributed by atoms with Gasteiger partial charge in [0.15, 0.2) is 0 Å². The van der Waals surface area contributed by atoms with Gasteiger partial charge in [0.2, 0.25) is 0 Å². The van der Waals surface area contributed by atoms with Gasteiger partial charge in [-0.05, 0) is 64.2 Å². The molecule has 0 spiro atoms. The van der Waals surface area contributed by atoms with Crippen LogP contribution in [0.3, 0.4) is 0 Å². The summed E-state index contributed by atoms with van der Waals surface area (Å²) in [7, 11) is 0. The van der Waals surface area contributed by atoms with Crippen LogP contribution in [0.4, 0.5) is 0 Å². The normalized spacial score (nSPS) is 42.9. The standard InChI is InChI=1S/C17H32N2O/c1-12(2)19-10-13-5-3-6-14(11-19)17(13)18-15-7-4-8-16(20)9-15/h12-18,20H,3-11H2,1-2H3. The molecule has 1 heterocycles. The fourth-order valence-corrected chi connectivity index (χ4v) is 4.75. The van der Waals surface area contributed by atoms with E-state index in [0.717, 1.165) is 24.7 Å². The van der Waals surface area contributed by atoms with E-state index in [-0.39, 0.29) is 6.10 Å². The third kappa shape index (κ3) is 3.20. The van der Waals surface area contributed by atoms with Gasteiger partial charge in [-0.15, -0.1) is 0 Å². The van der Waals surface area contributed by atoms with E-state index in [2.05, 4.69) is 24.1 Å². The van der Waals surface area contributed by atoms with Gasteiger partial charge in [-0.1, -0.05) is 6.42 Å². The average molecular weight is 280 g/mol. The van der Waals surface area contributed by atoms with Crippen molar-refractivity contribution in [2.45, 2.75) is 83.0 Å². The summed E-state index contributed by atoms with van der Waals surface area (Å²) in [6.45, 7) is 7.23. The predicted molar refractivity (Wildman–Crippen MR) is 82.7 cm³/mol. The van der Waals surface area contributed by atoms with Crippen molar-refractivity contribution in [3.05, 3.63) is 0 Å². The first-order valence-corrected chi connectivity index (χ1v) is 8.81. The number of aliphatic hydroxyl groups is 1. The number of rotatable bonds is 3. The number of hydrogen-bond donors (Lipinski definition) is 2. The molecule has 0 amide bonds. The first-order valence-electron chi connectivity index (χ1n) is 8.81. The smallest absolute Gasteiger partial charge is 0.0555 e. The van der Waals surface area contributed by atoms with Gasteiger partial charge in [0, 0.05) is 31.2 Å². The summed E-state index contributed by atoms with van der Waals surface area (Å²) in [4.78, 5) is 2.68. The number of aliphatic hydroxyl groups excluding tert-OH is 1. The number of nitrogens with zero attached hydrogens (tertiary/aromatic N) is 1. The molecule has 1 aliphatic heterocycles. The molecule has 0 radical (unpaired) electrons. The van der Waals surface area contributed by atoms with Gasteiger partial charge in [-0.3, -0.25) is 0 Å². The van der Waals surface area contributed by atoms with Crippen molar-refractivity contribution in [3.8, 4) is 0 Å². The highest BCUT2D eigenvalue weighted by Crippen LogP contribution is 2.36. The van der Waals surface area contributed by atoms with Crippen molar-refractivity contribution in [2.24, 2.45) is 11.8 Å². The topological polar surface area (TPSA) is 35.5 Å². The third-order valence-electron chi connectivity index (χ3n) is 5.91. The van der Waals surface area contributed by atoms with Crippen molar-refractivity contribution < 1.29 is 5.11 Å². The van der Waals surface area contributed by atoms with E-state index in [0.29, 0.717) is 18.1 Å². The molecule has 20 heavy (non-hydrogen) atoms. The van der Waals surface area contributed by atoms with Crippen LogP contribution in [-0.4, -0.2) is 47.3 Å². The number of fused-ring (bicyclic) bond motifs is 2. The minimum absolute atomic E-state index is 0.0585. The van der Waals surface area contributed by atoms with Crippen molar-refractivity contribution >= 4 is 0 Å². The Morgan fingerprint density at radius 2 is 1.65 bits per heavy atom. The lowest BCUT2D eigenvalue weighted by atomic mass is 9.72. The molecule has 2 bridgehead atoms. The van der Waals surface area contributed by atoms with Crippen LogP contribution in [-0.2, 0) is 0 Å². The van der Waals surface area contributed by atoms with E-state index in [4.69, 9.17) is 0 Å². The van der Waals surface area contributed by atoms with Crippen molar-refractivity contribution in [2.75, 3.05) is 13.1 Å². The van der Waals surface area contributed by atoms with E-state index < -0.39 is 0 Å². The largest absolute Gasteiger partial charge is 0.393 e. The van der Waals surface area contributed by atoms with Gasteiger partial charge in [-0.25, -0.2) is 0 Å². The Labute approximate surface area is 124 Å². The molecule has 1 saturated heterocycles. The predicted octanol–water partition coefficient (Wildman–Crippen LogP) is 2.39. The summed E-state index contributed by atoms with van der Waals surface area (Å²) in [6.07, 6.45) is 8.60. The Morgan fingerprint density at radius 1 is 1.00 bits per heavy atom. The zero-order chi connectivity index (χ0) is 14.1. The van der Waals surface area contributed by atoms with E-state index in [1.54, 1.807) is 0 Å². The molecular weight excluding hydrogens is 248 g/mol. The SMILES string of the molecule is CC(C)N1CC2CCCC(C1)C2NC1CCCC(O)C1. The molecule has 0 aromatic carbocycles. The monoisotopic (exact) mass is 280 g/mol. The molecule has 3 heteroatoms. The summed E-state index contributed by atoms with van der Waals surface area (Å²) in [6, 6.07) is 1.97. The summed E-state index contributed by atoms with van der Waals surface area (Å²) in [5.41, 5.74) is 0. The van der Waals surface area contributed by atoms with Crippen LogP contribution >= 0.6 is 0 Å². The lowest BCUT2D eigenvalue weighted by Crippen LogP contribution is -2.60. The van der Waals surface area contributed by atoms with Crippen LogP contribution in [0.2, 0.25) is 0 Å². The minimum atomic E-state index is -0.0585. The number of nitrogens with one attached hydrogen (secondary N) is 1. The lowest BCUT2D eigenvalue weighted by Gasteiger charge is -2.50. The maximum atomic E-state index is 9.88. The van der Waals surface area contributed by atoms with Crippen LogP contribution in [0, 0.1) is 11.8 Å². The Bertz CT molecular complexity index is 306. The molecule has 0 aromatic rings. The van der Waals surface area contributed by atoms with Gasteiger partial charge in [-0.2, -0.15) is 0 Å². The van der Waals surface area contributed by atoms with Gasteiger partial charge in [0.25, 0.3) is 0 Å². The summed E-state index contributed by atoms with van der Waals surface area (Å²) in [5.74, 6) is 1.67. The Morgan fingerprint density at radius 3 is 2.25 bits per heavy atom. The molecule has 3 nitrogen and oxygen atoms in total. The number of piperidine rings is 1. The van der Waals surface area contributed by atoms with Crippen LogP contribution in [0.15, 0.2) is 0 Å². The molecule has 0 aromatic heterocycles. The molecule has 3 fully saturated rings. The van der Waals surface area contributed by atoms with Gasteiger partial charge < -0.3 is 15.3 Å². The summed E-state index contributed by atoms with van der Waals surface area (Å²) >= 11 is 0. The van der Waals surface area contributed by atoms with E-state index in [1.807, 2.05) is 0 Å². The molecule has 2 aliphatic carbocycles. The third-order valence-corrected chi connectivity index (χ3v) is 5.91. The maximum Gasteiger partial charge on any atom is 0.0555 e. The lowest BCUT2D eigenvalue weighted by molar-refractivity contribution is 0.0168. The second kappa shape index (κ2) is 6.33. The molecule has 116 valence electrons. The van der Waals surface area contributed by atoms with Gasteiger partial charge >= 0.3 is 0 Å². The van der Waals surface area contributed by atoms with E-state index in [9.17, 15) is 5.11 Å². The van der Waals surface area contributed by atoms with E-state index >= 15 is 0 Å². The highest BCUT2D eigenvalue weighted by atomic mass is 16.3. The Hall–Kier alpha value is -0.120. The summed E-state index contributed by atoms with van der Waals surface area (Å²) < 4.78 is 0. The van der Waals surface area contributed by atoms with Gasteiger partial charge in [0.05, 0.1) is 6.10 Å². The molecular formula is C17H32N2O. The van der Waals surface area contributed by atoms with E-state index in [1.165, 1.54) is 45.2 Å². The minimum Gasteiger partial charge on any atom is -0.393 e. The van der Waals surface area contributed by atoms with Crippen molar-refractivity contribution in [3.63, 3.8) is 0 Å². The van der Waals surface area contributed by atoms with Crippen LogP contribution in [0.5, 0.6) is 0 Å². The zero-order valence-corrected chi connectivity index (χ0v) is 13.2. The molecule has 4 atom stereocenters. The first kappa shape index (κ1) is 14.8. The van der Waals surface area contributed by atoms with Crippen LogP contribution in [0.25, 0.3) is 0 Å². The molecule has 2 saturated carbocycles. The zero-order valence-electron chi connectivity index (χ0n) is 13.2. The van der Waals surface area contributed by atoms with Gasteiger partial charge in [0.1, 0.15) is 0 Å². The fourth-order valence-electron chi connectivity index (χ4n) is 4.75. The highest BCUT2D eigenvalue weighted by Gasteiger charge is 2.41. The number of hydrogen-bond acceptors (Lipinski definition) is 3. The average Bonchev–Trinajstić information content (AvgIpc) is 2.38. The van der Waals surface area contributed by atoms with Crippen LogP contribution in [0.1, 0.15) is 58.8 Å². The van der Waals surface area contributed by atoms with Crippen LogP contribution < -0.4 is 5.32 Å². The van der Waals surface area contributed by atoms with Crippen molar-refractivity contribution in [1.82, 2.24) is 10.2 Å². The maximum absolute atomic E-state index is 9.88. The second-order valence-electron chi connectivity index (χ2n) is 7.71. The second-order valence-corrected chi connectivity index (χ2v) is 7.71. The quantitative estimate of drug-likeness (QED) is 0.833. The highest BCUT2D eigenvalue weighted by molar-refractivity contribution is 4.97. The Kier molecular flexibility index (Phi) is 4.68. The summed E-state index contributed by atoms with van der Waals surface area (Å²) in [5, 5.41) is 13.8. The fraction of sp³-hybridized carbons (Fsp3) is 1.00.